The minimum absolute atomic E-state index is 0.0312. The van der Waals surface area contributed by atoms with E-state index in [0.29, 0.717) is 5.69 Å². The number of aromatic nitrogens is 2. The molecule has 0 saturated carbocycles. The van der Waals surface area contributed by atoms with Gasteiger partial charge in [0.1, 0.15) is 11.7 Å². The molecular weight excluding hydrogens is 240 g/mol. The molecule has 1 aromatic heterocycles. The molecule has 0 aliphatic rings. The first-order valence-electron chi connectivity index (χ1n) is 5.00. The number of nitrogens with one attached hydrogen (secondary N) is 1. The van der Waals surface area contributed by atoms with E-state index in [1.165, 1.54) is 12.4 Å². The van der Waals surface area contributed by atoms with Gasteiger partial charge in [0.25, 0.3) is 5.91 Å². The van der Waals surface area contributed by atoms with E-state index in [9.17, 15) is 14.4 Å². The van der Waals surface area contributed by atoms with Crippen LogP contribution in [0.15, 0.2) is 12.4 Å². The molecule has 4 N–H and O–H groups in total. The van der Waals surface area contributed by atoms with Crippen LogP contribution in [0.3, 0.4) is 0 Å². The molecule has 0 aliphatic heterocycles. The lowest BCUT2D eigenvalue weighted by Gasteiger charge is -2.12. The zero-order chi connectivity index (χ0) is 13.7. The SMILES string of the molecule is Cc1cnc(C(=O)N[C@@H](CC(N)=O)C(=O)O)cn1. The first kappa shape index (κ1) is 13.6. The van der Waals surface area contributed by atoms with Crippen LogP contribution in [0, 0.1) is 6.92 Å². The van der Waals surface area contributed by atoms with Crippen molar-refractivity contribution in [3.63, 3.8) is 0 Å². The van der Waals surface area contributed by atoms with E-state index in [4.69, 9.17) is 10.8 Å². The van der Waals surface area contributed by atoms with Crippen LogP contribution in [0.5, 0.6) is 0 Å². The van der Waals surface area contributed by atoms with Crippen LogP contribution in [0.2, 0.25) is 0 Å². The fraction of sp³-hybridized carbons (Fsp3) is 0.300. The van der Waals surface area contributed by atoms with Gasteiger partial charge >= 0.3 is 5.97 Å². The van der Waals surface area contributed by atoms with Gasteiger partial charge in [0.2, 0.25) is 5.91 Å². The lowest BCUT2D eigenvalue weighted by atomic mass is 10.2. The predicted octanol–water partition coefficient (Wildman–Crippen LogP) is -1.16. The Morgan fingerprint density at radius 1 is 1.39 bits per heavy atom. The molecule has 1 aromatic rings. The minimum Gasteiger partial charge on any atom is -0.480 e. The van der Waals surface area contributed by atoms with E-state index in [1.54, 1.807) is 6.92 Å². The molecule has 2 amide bonds. The third-order valence-corrected chi connectivity index (χ3v) is 2.02. The van der Waals surface area contributed by atoms with Crippen LogP contribution < -0.4 is 11.1 Å². The van der Waals surface area contributed by atoms with Crippen molar-refractivity contribution in [2.45, 2.75) is 19.4 Å². The first-order chi connectivity index (χ1) is 8.40. The lowest BCUT2D eigenvalue weighted by Crippen LogP contribution is -2.43. The van der Waals surface area contributed by atoms with Gasteiger partial charge in [-0.15, -0.1) is 0 Å². The van der Waals surface area contributed by atoms with E-state index in [0.717, 1.165) is 0 Å². The number of carbonyl (C=O) groups excluding carboxylic acids is 2. The summed E-state index contributed by atoms with van der Waals surface area (Å²) < 4.78 is 0. The molecule has 8 heteroatoms. The number of hydrogen-bond acceptors (Lipinski definition) is 5. The third-order valence-electron chi connectivity index (χ3n) is 2.02. The molecule has 18 heavy (non-hydrogen) atoms. The second kappa shape index (κ2) is 5.71. The fourth-order valence-corrected chi connectivity index (χ4v) is 1.14. The Morgan fingerprint density at radius 3 is 2.50 bits per heavy atom. The Balaban J connectivity index is 2.75. The summed E-state index contributed by atoms with van der Waals surface area (Å²) in [5.41, 5.74) is 5.48. The number of carboxylic acids is 1. The Morgan fingerprint density at radius 2 is 2.06 bits per heavy atom. The molecule has 1 rings (SSSR count). The predicted molar refractivity (Wildman–Crippen MR) is 59.5 cm³/mol. The maximum Gasteiger partial charge on any atom is 0.326 e. The summed E-state index contributed by atoms with van der Waals surface area (Å²) >= 11 is 0. The largest absolute Gasteiger partial charge is 0.480 e. The number of nitrogens with zero attached hydrogens (tertiary/aromatic N) is 2. The Bertz CT molecular complexity index is 471. The second-order valence-corrected chi connectivity index (χ2v) is 3.58. The van der Waals surface area contributed by atoms with Crippen LogP contribution in [0.1, 0.15) is 22.6 Å². The van der Waals surface area contributed by atoms with Gasteiger partial charge in [0.15, 0.2) is 0 Å². The standard InChI is InChI=1S/C10H12N4O4/c1-5-3-13-7(4-12-5)9(16)14-6(10(17)18)2-8(11)15/h3-4,6H,2H2,1H3,(H2,11,15)(H,14,16)(H,17,18)/t6-/m0/s1. The van der Waals surface area contributed by atoms with Crippen molar-refractivity contribution in [2.75, 3.05) is 0 Å². The van der Waals surface area contributed by atoms with Crippen molar-refractivity contribution in [3.8, 4) is 0 Å². The average Bonchev–Trinajstić information content (AvgIpc) is 2.28. The Kier molecular flexibility index (Phi) is 4.30. The molecule has 0 radical (unpaired) electrons. The number of hydrogen-bond donors (Lipinski definition) is 3. The number of aliphatic carboxylic acids is 1. The van der Waals surface area contributed by atoms with Crippen molar-refractivity contribution in [1.82, 2.24) is 15.3 Å². The molecule has 1 atom stereocenters. The van der Waals surface area contributed by atoms with E-state index >= 15 is 0 Å². The van der Waals surface area contributed by atoms with E-state index in [2.05, 4.69) is 15.3 Å². The highest BCUT2D eigenvalue weighted by molar-refractivity contribution is 5.95. The summed E-state index contributed by atoms with van der Waals surface area (Å²) in [5, 5.41) is 10.9. The molecule has 8 nitrogen and oxygen atoms in total. The summed E-state index contributed by atoms with van der Waals surface area (Å²) in [7, 11) is 0. The molecule has 0 bridgehead atoms. The van der Waals surface area contributed by atoms with Gasteiger partial charge < -0.3 is 16.2 Å². The number of carbonyl (C=O) groups is 3. The maximum absolute atomic E-state index is 11.6. The topological polar surface area (TPSA) is 135 Å². The molecular formula is C10H12N4O4. The number of nitrogens with two attached hydrogens (primary N) is 1. The number of aryl methyl sites for hydroxylation is 1. The van der Waals surface area contributed by atoms with Gasteiger partial charge in [-0.2, -0.15) is 0 Å². The van der Waals surface area contributed by atoms with E-state index in [1.807, 2.05) is 0 Å². The smallest absolute Gasteiger partial charge is 0.326 e. The summed E-state index contributed by atoms with van der Waals surface area (Å²) in [6.07, 6.45) is 2.10. The van der Waals surface area contributed by atoms with Crippen molar-refractivity contribution >= 4 is 17.8 Å². The number of amides is 2. The Labute approximate surface area is 102 Å². The van der Waals surface area contributed by atoms with Gasteiger partial charge in [-0.05, 0) is 6.92 Å². The highest BCUT2D eigenvalue weighted by Gasteiger charge is 2.23. The normalized spacial score (nSPS) is 11.6. The molecule has 1 heterocycles. The van der Waals surface area contributed by atoms with Crippen molar-refractivity contribution < 1.29 is 19.5 Å². The zero-order valence-electron chi connectivity index (χ0n) is 9.58. The molecule has 0 fully saturated rings. The maximum atomic E-state index is 11.6. The quantitative estimate of drug-likeness (QED) is 0.605. The van der Waals surface area contributed by atoms with Gasteiger partial charge in [-0.1, -0.05) is 0 Å². The molecule has 0 aromatic carbocycles. The van der Waals surface area contributed by atoms with Gasteiger partial charge in [0, 0.05) is 6.20 Å². The van der Waals surface area contributed by atoms with Crippen molar-refractivity contribution in [3.05, 3.63) is 23.8 Å². The van der Waals surface area contributed by atoms with E-state index < -0.39 is 30.2 Å². The lowest BCUT2D eigenvalue weighted by molar-refractivity contribution is -0.140. The highest BCUT2D eigenvalue weighted by Crippen LogP contribution is 1.98. The first-order valence-corrected chi connectivity index (χ1v) is 5.00. The highest BCUT2D eigenvalue weighted by atomic mass is 16.4. The number of primary amides is 1. The van der Waals surface area contributed by atoms with Crippen molar-refractivity contribution in [1.29, 1.82) is 0 Å². The summed E-state index contributed by atoms with van der Waals surface area (Å²) in [6.45, 7) is 1.70. The van der Waals surface area contributed by atoms with Crippen molar-refractivity contribution in [2.24, 2.45) is 5.73 Å². The summed E-state index contributed by atoms with van der Waals surface area (Å²) in [5.74, 6) is -2.89. The monoisotopic (exact) mass is 252 g/mol. The summed E-state index contributed by atoms with van der Waals surface area (Å²) in [4.78, 5) is 40.7. The molecule has 0 aliphatic carbocycles. The number of rotatable bonds is 5. The zero-order valence-corrected chi connectivity index (χ0v) is 9.58. The van der Waals surface area contributed by atoms with Gasteiger partial charge in [-0.25, -0.2) is 9.78 Å². The average molecular weight is 252 g/mol. The third kappa shape index (κ3) is 3.81. The second-order valence-electron chi connectivity index (χ2n) is 3.58. The van der Waals surface area contributed by atoms with Gasteiger partial charge in [-0.3, -0.25) is 14.6 Å². The number of carboxylic acid groups (broad SMARTS) is 1. The van der Waals surface area contributed by atoms with Gasteiger partial charge in [0.05, 0.1) is 18.3 Å². The molecule has 0 spiro atoms. The molecule has 0 saturated heterocycles. The van der Waals surface area contributed by atoms with Crippen LogP contribution in [0.25, 0.3) is 0 Å². The Hall–Kier alpha value is -2.51. The summed E-state index contributed by atoms with van der Waals surface area (Å²) in [6, 6.07) is -1.38. The fourth-order valence-electron chi connectivity index (χ4n) is 1.14. The molecule has 0 unspecified atom stereocenters. The van der Waals surface area contributed by atoms with Crippen LogP contribution >= 0.6 is 0 Å². The van der Waals surface area contributed by atoms with E-state index in [-0.39, 0.29) is 5.69 Å². The van der Waals surface area contributed by atoms with Crippen LogP contribution in [-0.4, -0.2) is 38.9 Å². The molecule has 96 valence electrons. The van der Waals surface area contributed by atoms with Crippen LogP contribution in [-0.2, 0) is 9.59 Å². The minimum atomic E-state index is -1.38. The van der Waals surface area contributed by atoms with Crippen LogP contribution in [0.4, 0.5) is 0 Å².